The fraction of sp³-hybridized carbons (Fsp3) is 0.538. The minimum atomic E-state index is -3.35. The molecule has 0 aromatic heterocycles. The Morgan fingerprint density at radius 1 is 1.44 bits per heavy atom. The molecule has 1 aliphatic rings. The molecule has 4 nitrogen and oxygen atoms in total. The van der Waals surface area contributed by atoms with E-state index in [1.807, 2.05) is 6.07 Å². The van der Waals surface area contributed by atoms with Gasteiger partial charge >= 0.3 is 0 Å². The van der Waals surface area contributed by atoms with E-state index in [4.69, 9.17) is 5.73 Å². The van der Waals surface area contributed by atoms with Crippen molar-refractivity contribution in [3.8, 4) is 0 Å². The molecule has 0 aliphatic carbocycles. The van der Waals surface area contributed by atoms with Gasteiger partial charge in [-0.1, -0.05) is 19.1 Å². The second-order valence-corrected chi connectivity index (χ2v) is 6.90. The van der Waals surface area contributed by atoms with E-state index in [1.54, 1.807) is 22.5 Å². The lowest BCUT2D eigenvalue weighted by molar-refractivity contribution is 0.281. The van der Waals surface area contributed by atoms with Gasteiger partial charge in [0.15, 0.2) is 0 Å². The van der Waals surface area contributed by atoms with E-state index < -0.39 is 10.0 Å². The van der Waals surface area contributed by atoms with E-state index >= 15 is 0 Å². The number of rotatable bonds is 3. The van der Waals surface area contributed by atoms with Crippen LogP contribution in [0.25, 0.3) is 0 Å². The van der Waals surface area contributed by atoms with Gasteiger partial charge in [0.1, 0.15) is 0 Å². The molecule has 1 atom stereocenters. The third-order valence-electron chi connectivity index (χ3n) is 3.39. The van der Waals surface area contributed by atoms with Crippen molar-refractivity contribution in [1.82, 2.24) is 4.31 Å². The lowest BCUT2D eigenvalue weighted by atomic mass is 10.0. The molecule has 100 valence electrons. The van der Waals surface area contributed by atoms with Gasteiger partial charge in [-0.15, -0.1) is 0 Å². The molecule has 1 fully saturated rings. The van der Waals surface area contributed by atoms with E-state index in [-0.39, 0.29) is 0 Å². The van der Waals surface area contributed by atoms with Gasteiger partial charge in [-0.3, -0.25) is 0 Å². The highest BCUT2D eigenvalue weighted by Crippen LogP contribution is 2.23. The quantitative estimate of drug-likeness (QED) is 0.905. The minimum absolute atomic E-state index is 0.361. The van der Waals surface area contributed by atoms with Gasteiger partial charge in [0.2, 0.25) is 10.0 Å². The van der Waals surface area contributed by atoms with Crippen molar-refractivity contribution < 1.29 is 8.42 Å². The largest absolute Gasteiger partial charge is 0.326 e. The number of nitrogens with two attached hydrogens (primary N) is 1. The summed E-state index contributed by atoms with van der Waals surface area (Å²) in [7, 11) is -3.35. The summed E-state index contributed by atoms with van der Waals surface area (Å²) in [4.78, 5) is 0.361. The monoisotopic (exact) mass is 268 g/mol. The van der Waals surface area contributed by atoms with Crippen LogP contribution in [0.5, 0.6) is 0 Å². The molecule has 2 N–H and O–H groups in total. The Morgan fingerprint density at radius 2 is 2.22 bits per heavy atom. The summed E-state index contributed by atoms with van der Waals surface area (Å²) in [5.74, 6) is 0.436. The topological polar surface area (TPSA) is 63.4 Å². The van der Waals surface area contributed by atoms with E-state index in [2.05, 4.69) is 6.92 Å². The molecule has 1 heterocycles. The molecule has 0 bridgehead atoms. The molecule has 1 aromatic carbocycles. The van der Waals surface area contributed by atoms with Crippen LogP contribution in [0.15, 0.2) is 29.2 Å². The first-order valence-electron chi connectivity index (χ1n) is 6.33. The van der Waals surface area contributed by atoms with Crippen molar-refractivity contribution in [2.24, 2.45) is 11.7 Å². The van der Waals surface area contributed by atoms with Crippen molar-refractivity contribution in [2.45, 2.75) is 31.2 Å². The fourth-order valence-corrected chi connectivity index (χ4v) is 4.02. The maximum Gasteiger partial charge on any atom is 0.243 e. The number of piperidine rings is 1. The Balaban J connectivity index is 2.29. The lowest BCUT2D eigenvalue weighted by Crippen LogP contribution is -2.39. The van der Waals surface area contributed by atoms with E-state index in [1.165, 1.54) is 0 Å². The van der Waals surface area contributed by atoms with Crippen LogP contribution in [-0.2, 0) is 16.6 Å². The number of nitrogens with zero attached hydrogens (tertiary/aromatic N) is 1. The molecule has 0 spiro atoms. The Morgan fingerprint density at radius 3 is 2.89 bits per heavy atom. The van der Waals surface area contributed by atoms with Crippen molar-refractivity contribution in [1.29, 1.82) is 0 Å². The third-order valence-corrected chi connectivity index (χ3v) is 5.25. The zero-order valence-electron chi connectivity index (χ0n) is 10.7. The predicted octanol–water partition coefficient (Wildman–Crippen LogP) is 1.57. The Bertz CT molecular complexity index is 513. The van der Waals surface area contributed by atoms with Crippen molar-refractivity contribution >= 4 is 10.0 Å². The Labute approximate surface area is 109 Å². The summed E-state index contributed by atoms with van der Waals surface area (Å²) in [6.45, 7) is 3.70. The molecule has 1 aliphatic heterocycles. The Kier molecular flexibility index (Phi) is 4.04. The van der Waals surface area contributed by atoms with Gasteiger partial charge in [0, 0.05) is 19.6 Å². The summed E-state index contributed by atoms with van der Waals surface area (Å²) in [5, 5.41) is 0. The Hall–Kier alpha value is -0.910. The summed E-state index contributed by atoms with van der Waals surface area (Å²) >= 11 is 0. The molecule has 1 unspecified atom stereocenters. The van der Waals surface area contributed by atoms with Gasteiger partial charge < -0.3 is 5.73 Å². The standard InChI is InChI=1S/C13H20N2O2S/c1-11-4-3-7-15(10-11)18(16,17)13-6-2-5-12(8-13)9-14/h2,5-6,8,11H,3-4,7,9-10,14H2,1H3. The SMILES string of the molecule is CC1CCCN(S(=O)(=O)c2cccc(CN)c2)C1. The molecule has 0 radical (unpaired) electrons. The number of sulfonamides is 1. The molecule has 5 heteroatoms. The average molecular weight is 268 g/mol. The van der Waals surface area contributed by atoms with Gasteiger partial charge in [0.25, 0.3) is 0 Å². The summed E-state index contributed by atoms with van der Waals surface area (Å²) in [6.07, 6.45) is 2.05. The average Bonchev–Trinajstić information content (AvgIpc) is 2.39. The zero-order chi connectivity index (χ0) is 13.2. The van der Waals surface area contributed by atoms with E-state index in [0.717, 1.165) is 18.4 Å². The fourth-order valence-electron chi connectivity index (χ4n) is 2.35. The first kappa shape index (κ1) is 13.5. The number of benzene rings is 1. The third kappa shape index (κ3) is 2.74. The molecule has 2 rings (SSSR count). The predicted molar refractivity (Wildman–Crippen MR) is 71.5 cm³/mol. The highest BCUT2D eigenvalue weighted by Gasteiger charge is 2.28. The van der Waals surface area contributed by atoms with Crippen LogP contribution in [0, 0.1) is 5.92 Å². The molecule has 0 amide bonds. The van der Waals surface area contributed by atoms with Crippen LogP contribution in [0.2, 0.25) is 0 Å². The molecule has 18 heavy (non-hydrogen) atoms. The van der Waals surface area contributed by atoms with Crippen LogP contribution < -0.4 is 5.73 Å². The number of hydrogen-bond acceptors (Lipinski definition) is 3. The first-order chi connectivity index (χ1) is 8.54. The van der Waals surface area contributed by atoms with Crippen LogP contribution in [-0.4, -0.2) is 25.8 Å². The zero-order valence-corrected chi connectivity index (χ0v) is 11.5. The molecular weight excluding hydrogens is 248 g/mol. The second kappa shape index (κ2) is 5.38. The summed E-state index contributed by atoms with van der Waals surface area (Å²) in [6, 6.07) is 6.92. The van der Waals surface area contributed by atoms with Crippen LogP contribution >= 0.6 is 0 Å². The van der Waals surface area contributed by atoms with Crippen molar-refractivity contribution in [2.75, 3.05) is 13.1 Å². The van der Waals surface area contributed by atoms with E-state index in [0.29, 0.717) is 30.4 Å². The van der Waals surface area contributed by atoms with Gasteiger partial charge in [-0.25, -0.2) is 8.42 Å². The summed E-state index contributed by atoms with van der Waals surface area (Å²) in [5.41, 5.74) is 6.40. The maximum absolute atomic E-state index is 12.5. The van der Waals surface area contributed by atoms with Gasteiger partial charge in [0.05, 0.1) is 4.90 Å². The molecule has 0 saturated carbocycles. The molecule has 1 aromatic rings. The minimum Gasteiger partial charge on any atom is -0.326 e. The van der Waals surface area contributed by atoms with Crippen LogP contribution in [0.1, 0.15) is 25.3 Å². The van der Waals surface area contributed by atoms with Crippen molar-refractivity contribution in [3.05, 3.63) is 29.8 Å². The smallest absolute Gasteiger partial charge is 0.243 e. The first-order valence-corrected chi connectivity index (χ1v) is 7.77. The maximum atomic E-state index is 12.5. The van der Waals surface area contributed by atoms with E-state index in [9.17, 15) is 8.42 Å². The van der Waals surface area contributed by atoms with Gasteiger partial charge in [-0.05, 0) is 36.5 Å². The normalized spacial score (nSPS) is 22.0. The number of hydrogen-bond donors (Lipinski definition) is 1. The molecule has 1 saturated heterocycles. The molecular formula is C13H20N2O2S. The van der Waals surface area contributed by atoms with Crippen LogP contribution in [0.3, 0.4) is 0 Å². The highest BCUT2D eigenvalue weighted by molar-refractivity contribution is 7.89. The summed E-state index contributed by atoms with van der Waals surface area (Å²) < 4.78 is 26.6. The second-order valence-electron chi connectivity index (χ2n) is 4.96. The van der Waals surface area contributed by atoms with Crippen LogP contribution in [0.4, 0.5) is 0 Å². The highest BCUT2D eigenvalue weighted by atomic mass is 32.2. The van der Waals surface area contributed by atoms with Crippen molar-refractivity contribution in [3.63, 3.8) is 0 Å². The lowest BCUT2D eigenvalue weighted by Gasteiger charge is -2.30. The van der Waals surface area contributed by atoms with Gasteiger partial charge in [-0.2, -0.15) is 4.31 Å².